The van der Waals surface area contributed by atoms with E-state index >= 15 is 0 Å². The Balaban J connectivity index is 2.03. The zero-order chi connectivity index (χ0) is 73.5. The lowest BCUT2D eigenvalue weighted by Gasteiger charge is -2.43. The molecular weight excluding hydrogens is 1260 g/mol. The fraction of sp³-hybridized carbons (Fsp3) is 0.901. The molecule has 3 aliphatic rings. The van der Waals surface area contributed by atoms with Crippen molar-refractivity contribution in [3.63, 3.8) is 0 Å². The van der Waals surface area contributed by atoms with Gasteiger partial charge in [0.1, 0.15) is 42.7 Å². The Morgan fingerprint density at radius 3 is 1.60 bits per heavy atom. The standard InChI is InChI=1S/C71H132N2O24/c1-35(19-15-13-14-18-24-72)25-41(7)69-45(11)56(94-70-66(90)60(73)64(88)46(12)93-70)33-49(77)32-54(82)43(9)52(80)29-47(75)28-51(79)42(8)53(81)30-48(76)31-55(83)44(10)63(87)57(95-71-68(92)67(91)65(89)58(34-74)96-71)27-40(6)62(86)39(5)26-38(4)61(85)37(3)20-16-17-21-50(78)36(2)22-23-59(84)97-69/h16,20,26-27,35-37,39,41-58,60-71,74-83,85-92H,13-15,17-19,21-25,28-34,72-73H2,1-12H3/t35-,36-,37-,39-,41+,42-,43+,44-,45-,46-,47+,48+,49-,50-,51-,52+,53-,54+,55-,56+,57-,58+,60+,61+,62-,63-,64-,65-,66-,67+,68-,69+,70+,71-/m1/s1. The molecule has 34 atom stereocenters. The molecule has 2 saturated heterocycles. The van der Waals surface area contributed by atoms with Gasteiger partial charge in [-0.2, -0.15) is 0 Å². The van der Waals surface area contributed by atoms with Gasteiger partial charge in [0.25, 0.3) is 0 Å². The van der Waals surface area contributed by atoms with Crippen LogP contribution >= 0.6 is 0 Å². The van der Waals surface area contributed by atoms with Crippen LogP contribution in [-0.2, 0) is 28.5 Å². The van der Waals surface area contributed by atoms with E-state index in [1.165, 1.54) is 33.8 Å². The molecule has 3 aliphatic heterocycles. The minimum atomic E-state index is -1.90. The van der Waals surface area contributed by atoms with Crippen molar-refractivity contribution >= 4 is 5.97 Å². The monoisotopic (exact) mass is 1400 g/mol. The first kappa shape index (κ1) is 88.9. The van der Waals surface area contributed by atoms with Gasteiger partial charge >= 0.3 is 5.97 Å². The molecule has 26 nitrogen and oxygen atoms in total. The second kappa shape index (κ2) is 43.7. The van der Waals surface area contributed by atoms with Gasteiger partial charge in [-0.25, -0.2) is 0 Å². The van der Waals surface area contributed by atoms with Gasteiger partial charge in [-0.1, -0.05) is 112 Å². The van der Waals surface area contributed by atoms with Crippen LogP contribution < -0.4 is 11.5 Å². The molecule has 3 rings (SSSR count). The Labute approximate surface area is 576 Å². The molecule has 0 aromatic heterocycles. The number of allylic oxidation sites excluding steroid dienone is 1. The van der Waals surface area contributed by atoms with Gasteiger partial charge in [-0.05, 0) is 120 Å². The lowest BCUT2D eigenvalue weighted by atomic mass is 9.81. The maximum absolute atomic E-state index is 14.2. The third-order valence-corrected chi connectivity index (χ3v) is 21.1. The van der Waals surface area contributed by atoms with Gasteiger partial charge < -0.3 is 127 Å². The molecule has 0 unspecified atom stereocenters. The molecule has 26 heteroatoms. The number of cyclic esters (lactones) is 1. The molecule has 3 heterocycles. The summed E-state index contributed by atoms with van der Waals surface area (Å²) < 4.78 is 30.6. The van der Waals surface area contributed by atoms with Crippen molar-refractivity contribution in [1.29, 1.82) is 0 Å². The van der Waals surface area contributed by atoms with Crippen LogP contribution in [0, 0.1) is 53.3 Å². The van der Waals surface area contributed by atoms with Gasteiger partial charge in [0, 0.05) is 48.3 Å². The summed E-state index contributed by atoms with van der Waals surface area (Å²) in [7, 11) is 0. The molecule has 0 spiro atoms. The van der Waals surface area contributed by atoms with Crippen LogP contribution in [0.15, 0.2) is 35.5 Å². The molecule has 0 saturated carbocycles. The number of ether oxygens (including phenoxy) is 5. The number of aliphatic hydroxyl groups is 18. The fourth-order valence-corrected chi connectivity index (χ4v) is 13.7. The van der Waals surface area contributed by atoms with E-state index < -0.39 is 214 Å². The fourth-order valence-electron chi connectivity index (χ4n) is 13.7. The van der Waals surface area contributed by atoms with E-state index in [-0.39, 0.29) is 61.9 Å². The zero-order valence-electron chi connectivity index (χ0n) is 59.8. The van der Waals surface area contributed by atoms with Gasteiger partial charge in [0.15, 0.2) is 12.6 Å². The first-order chi connectivity index (χ1) is 45.4. The second-order valence-electron chi connectivity index (χ2n) is 29.7. The topological polar surface area (TPSA) is 479 Å². The second-order valence-corrected chi connectivity index (χ2v) is 29.7. The quantitative estimate of drug-likeness (QED) is 0.0655. The summed E-state index contributed by atoms with van der Waals surface area (Å²) in [6.45, 7) is 20.2. The maximum Gasteiger partial charge on any atom is 0.306 e. The van der Waals surface area contributed by atoms with Gasteiger partial charge in [0.2, 0.25) is 0 Å². The average molecular weight is 1400 g/mol. The van der Waals surface area contributed by atoms with E-state index in [2.05, 4.69) is 6.92 Å². The highest BCUT2D eigenvalue weighted by atomic mass is 16.7. The minimum Gasteiger partial charge on any atom is -0.462 e. The van der Waals surface area contributed by atoms with Crippen molar-refractivity contribution in [3.05, 3.63) is 35.5 Å². The summed E-state index contributed by atoms with van der Waals surface area (Å²) in [6, 6.07) is -1.17. The van der Waals surface area contributed by atoms with Crippen LogP contribution in [0.25, 0.3) is 0 Å². The number of rotatable bonds is 14. The molecule has 570 valence electrons. The Morgan fingerprint density at radius 1 is 0.546 bits per heavy atom. The van der Waals surface area contributed by atoms with Crippen molar-refractivity contribution in [1.82, 2.24) is 0 Å². The summed E-state index contributed by atoms with van der Waals surface area (Å²) in [4.78, 5) is 14.2. The lowest BCUT2D eigenvalue weighted by Crippen LogP contribution is -2.62. The van der Waals surface area contributed by atoms with Crippen LogP contribution in [0.1, 0.15) is 186 Å². The number of esters is 1. The van der Waals surface area contributed by atoms with E-state index in [9.17, 15) is 96.7 Å². The summed E-state index contributed by atoms with van der Waals surface area (Å²) in [5.74, 6) is -5.94. The number of hydrogen-bond donors (Lipinski definition) is 20. The largest absolute Gasteiger partial charge is 0.462 e. The van der Waals surface area contributed by atoms with Crippen molar-refractivity contribution in [2.75, 3.05) is 13.2 Å². The van der Waals surface area contributed by atoms with Crippen LogP contribution in [0.2, 0.25) is 0 Å². The third-order valence-electron chi connectivity index (χ3n) is 21.1. The van der Waals surface area contributed by atoms with E-state index in [4.69, 9.17) is 35.2 Å². The van der Waals surface area contributed by atoms with Crippen molar-refractivity contribution in [2.24, 2.45) is 64.7 Å². The first-order valence-corrected chi connectivity index (χ1v) is 35.8. The van der Waals surface area contributed by atoms with Crippen LogP contribution in [-0.4, -0.2) is 264 Å². The molecular formula is C71H132N2O24. The van der Waals surface area contributed by atoms with E-state index in [0.717, 1.165) is 32.1 Å². The molecule has 97 heavy (non-hydrogen) atoms. The van der Waals surface area contributed by atoms with Gasteiger partial charge in [0.05, 0.1) is 104 Å². The molecule has 0 aromatic carbocycles. The van der Waals surface area contributed by atoms with Crippen molar-refractivity contribution in [3.8, 4) is 0 Å². The number of hydrogen-bond acceptors (Lipinski definition) is 26. The lowest BCUT2D eigenvalue weighted by molar-refractivity contribution is -0.314. The zero-order valence-corrected chi connectivity index (χ0v) is 59.8. The molecule has 22 N–H and O–H groups in total. The molecule has 0 amide bonds. The summed E-state index contributed by atoms with van der Waals surface area (Å²) in [6.07, 6.45) is -22.3. The number of carbonyl (C=O) groups excluding carboxylic acids is 1. The normalized spacial score (nSPS) is 43.9. The van der Waals surface area contributed by atoms with E-state index in [0.29, 0.717) is 31.4 Å². The molecule has 0 bridgehead atoms. The van der Waals surface area contributed by atoms with Crippen molar-refractivity contribution in [2.45, 2.75) is 339 Å². The Bertz CT molecular complexity index is 2270. The van der Waals surface area contributed by atoms with Crippen LogP contribution in [0.3, 0.4) is 0 Å². The molecule has 0 aromatic rings. The highest BCUT2D eigenvalue weighted by Gasteiger charge is 2.48. The summed E-state index contributed by atoms with van der Waals surface area (Å²) in [5.41, 5.74) is 12.7. The highest BCUT2D eigenvalue weighted by molar-refractivity contribution is 5.69. The third kappa shape index (κ3) is 28.4. The predicted octanol–water partition coefficient (Wildman–Crippen LogP) is 0.981. The number of carbonyl (C=O) groups is 1. The highest BCUT2D eigenvalue weighted by Crippen LogP contribution is 2.36. The Kier molecular flexibility index (Phi) is 40.1. The van der Waals surface area contributed by atoms with Crippen LogP contribution in [0.4, 0.5) is 0 Å². The van der Waals surface area contributed by atoms with Crippen molar-refractivity contribution < 1.29 is 120 Å². The molecule has 2 fully saturated rings. The molecule has 0 aliphatic carbocycles. The summed E-state index contributed by atoms with van der Waals surface area (Å²) in [5, 5.41) is 202. The number of aliphatic hydroxyl groups excluding tert-OH is 18. The predicted molar refractivity (Wildman–Crippen MR) is 362 cm³/mol. The average Bonchev–Trinajstić information content (AvgIpc) is 0.831. The number of nitrogens with two attached hydrogens (primary N) is 2. The Morgan fingerprint density at radius 2 is 1.05 bits per heavy atom. The van der Waals surface area contributed by atoms with E-state index in [1.807, 2.05) is 26.0 Å². The SMILES string of the molecule is CC1=C[C@@H](C)[C@@H](O)C(C)=C[C@@H](O[C@@H]2O[C@@H](CO)[C@@H](O)[C@H](O)[C@H]2O)[C@H](O)[C@H](C)[C@H](O)C[C@@H](O)C[C@@H](O)[C@H](C)[C@H](O)C[C@H](O)C[C@H](O)[C@H](C)[C@@H](O)C[C@@H](O)C[C@H](O[C@@H]2O[C@H](C)[C@@H](O)[C@H](N)[C@H]2O)[C@@H](C)[C@H]([C@@H](C)C[C@H](C)CCCCCCN)OC(=O)CC[C@@H](C)[C@H](O)CCC=C[C@@H](C)[C@@H]1O. The maximum atomic E-state index is 14.2. The van der Waals surface area contributed by atoms with Gasteiger partial charge in [-0.3, -0.25) is 4.79 Å². The Hall–Kier alpha value is -2.27. The van der Waals surface area contributed by atoms with Gasteiger partial charge in [-0.15, -0.1) is 0 Å². The summed E-state index contributed by atoms with van der Waals surface area (Å²) >= 11 is 0. The first-order valence-electron chi connectivity index (χ1n) is 35.8. The number of unbranched alkanes of at least 4 members (excludes halogenated alkanes) is 3. The minimum absolute atomic E-state index is 0.0617. The van der Waals surface area contributed by atoms with Crippen LogP contribution in [0.5, 0.6) is 0 Å². The molecule has 0 radical (unpaired) electrons. The van der Waals surface area contributed by atoms with E-state index in [1.54, 1.807) is 40.7 Å². The smallest absolute Gasteiger partial charge is 0.306 e.